The van der Waals surface area contributed by atoms with Crippen LogP contribution < -0.4 is 9.05 Å². The Morgan fingerprint density at radius 2 is 1.03 bits per heavy atom. The predicted octanol–water partition coefficient (Wildman–Crippen LogP) is 8.18. The molecule has 39 heavy (non-hydrogen) atoms. The number of carbonyl (C=O) groups excluding carboxylic acids is 2. The zero-order valence-electron chi connectivity index (χ0n) is 20.8. The summed E-state index contributed by atoms with van der Waals surface area (Å²) >= 11 is 11.8. The highest BCUT2D eigenvalue weighted by Gasteiger charge is 2.26. The van der Waals surface area contributed by atoms with Crippen LogP contribution >= 0.6 is 31.0 Å². The number of phosphoric acid groups is 1. The number of phosphoric ester groups is 1. The summed E-state index contributed by atoms with van der Waals surface area (Å²) in [5.41, 5.74) is 2.63. The van der Waals surface area contributed by atoms with Crippen LogP contribution in [0.3, 0.4) is 0 Å². The van der Waals surface area contributed by atoms with Gasteiger partial charge in [-0.1, -0.05) is 71.7 Å². The molecule has 0 saturated heterocycles. The van der Waals surface area contributed by atoms with E-state index in [-0.39, 0.29) is 35.9 Å². The topological polar surface area (TPSA) is 89.9 Å². The summed E-state index contributed by atoms with van der Waals surface area (Å²) in [5, 5.41) is 1.25. The zero-order valence-corrected chi connectivity index (χ0v) is 23.2. The monoisotopic (exact) mass is 582 g/mol. The predicted molar refractivity (Wildman–Crippen MR) is 152 cm³/mol. The van der Waals surface area contributed by atoms with Gasteiger partial charge in [0, 0.05) is 34.0 Å². The van der Waals surface area contributed by atoms with E-state index in [4.69, 9.17) is 32.2 Å². The summed E-state index contributed by atoms with van der Waals surface area (Å²) in [5.74, 6) is -0.274. The second-order valence-corrected chi connectivity index (χ2v) is 11.0. The van der Waals surface area contributed by atoms with Crippen LogP contribution in [0.2, 0.25) is 10.0 Å². The molecule has 0 amide bonds. The number of carbonyl (C=O) groups is 2. The lowest BCUT2D eigenvalue weighted by Crippen LogP contribution is -2.04. The first-order valence-electron chi connectivity index (χ1n) is 12.1. The molecule has 0 aliphatic carbocycles. The van der Waals surface area contributed by atoms with Crippen LogP contribution in [0, 0.1) is 0 Å². The van der Waals surface area contributed by atoms with Crippen molar-refractivity contribution in [3.63, 3.8) is 0 Å². The fraction of sp³-hybridized carbons (Fsp3) is 0.133. The molecule has 0 atom stereocenters. The van der Waals surface area contributed by atoms with E-state index in [2.05, 4.69) is 0 Å². The molecule has 0 unspecified atom stereocenters. The Bertz CT molecular complexity index is 1390. The van der Waals surface area contributed by atoms with Gasteiger partial charge in [0.1, 0.15) is 11.5 Å². The molecule has 6 nitrogen and oxygen atoms in total. The largest absolute Gasteiger partial charge is 0.584 e. The number of halogens is 2. The maximum atomic E-state index is 12.7. The van der Waals surface area contributed by atoms with E-state index in [1.54, 1.807) is 48.5 Å². The van der Waals surface area contributed by atoms with Crippen molar-refractivity contribution in [1.29, 1.82) is 0 Å². The SMILES string of the molecule is O=C(CCc1ccc(Cl)cc1)c1cccc(OP(=O)(O)Oc2cccc(C(=O)CCc3ccc(Cl)cc3)c2)c1. The van der Waals surface area contributed by atoms with E-state index in [0.29, 0.717) is 34.0 Å². The van der Waals surface area contributed by atoms with Crippen LogP contribution in [0.25, 0.3) is 0 Å². The van der Waals surface area contributed by atoms with Gasteiger partial charge < -0.3 is 9.05 Å². The zero-order chi connectivity index (χ0) is 27.8. The number of hydrogen-bond donors (Lipinski definition) is 1. The normalized spacial score (nSPS) is 11.2. The van der Waals surface area contributed by atoms with Gasteiger partial charge in [0.25, 0.3) is 0 Å². The number of benzene rings is 4. The number of ketones is 2. The molecule has 200 valence electrons. The second-order valence-electron chi connectivity index (χ2n) is 8.81. The minimum Gasteiger partial charge on any atom is -0.395 e. The van der Waals surface area contributed by atoms with E-state index in [9.17, 15) is 19.0 Å². The summed E-state index contributed by atoms with van der Waals surface area (Å²) in [6, 6.07) is 26.5. The van der Waals surface area contributed by atoms with Crippen LogP contribution in [0.15, 0.2) is 97.1 Å². The summed E-state index contributed by atoms with van der Waals surface area (Å²) in [6.45, 7) is 0. The summed E-state index contributed by atoms with van der Waals surface area (Å²) in [7, 11) is -4.62. The van der Waals surface area contributed by atoms with Crippen molar-refractivity contribution in [3.8, 4) is 11.5 Å². The molecule has 9 heteroatoms. The van der Waals surface area contributed by atoms with Crippen molar-refractivity contribution in [3.05, 3.63) is 129 Å². The summed E-state index contributed by atoms with van der Waals surface area (Å²) in [4.78, 5) is 35.7. The van der Waals surface area contributed by atoms with Gasteiger partial charge in [-0.05, 0) is 72.5 Å². The van der Waals surface area contributed by atoms with E-state index in [1.807, 2.05) is 24.3 Å². The Morgan fingerprint density at radius 1 is 0.641 bits per heavy atom. The molecule has 0 aliphatic rings. The first kappa shape index (κ1) is 28.6. The molecule has 0 aromatic heterocycles. The fourth-order valence-corrected chi connectivity index (χ4v) is 4.89. The van der Waals surface area contributed by atoms with Crippen molar-refractivity contribution in [1.82, 2.24) is 0 Å². The molecule has 4 aromatic rings. The van der Waals surface area contributed by atoms with Crippen molar-refractivity contribution >= 4 is 42.6 Å². The van der Waals surface area contributed by atoms with Gasteiger partial charge >= 0.3 is 7.82 Å². The fourth-order valence-electron chi connectivity index (χ4n) is 3.84. The molecule has 4 rings (SSSR count). The smallest absolute Gasteiger partial charge is 0.395 e. The lowest BCUT2D eigenvalue weighted by molar-refractivity contribution is 0.0975. The maximum absolute atomic E-state index is 12.7. The highest BCUT2D eigenvalue weighted by molar-refractivity contribution is 7.48. The minimum atomic E-state index is -4.62. The average Bonchev–Trinajstić information content (AvgIpc) is 2.92. The van der Waals surface area contributed by atoms with E-state index in [1.165, 1.54) is 24.3 Å². The van der Waals surface area contributed by atoms with Crippen LogP contribution in [-0.4, -0.2) is 16.5 Å². The molecule has 0 saturated carbocycles. The second kappa shape index (κ2) is 13.1. The quantitative estimate of drug-likeness (QED) is 0.134. The molecule has 4 aromatic carbocycles. The van der Waals surface area contributed by atoms with E-state index >= 15 is 0 Å². The number of rotatable bonds is 12. The first-order valence-corrected chi connectivity index (χ1v) is 14.4. The minimum absolute atomic E-state index is 0.00775. The van der Waals surface area contributed by atoms with Gasteiger partial charge in [-0.15, -0.1) is 0 Å². The van der Waals surface area contributed by atoms with Gasteiger partial charge in [-0.2, -0.15) is 0 Å². The Labute approximate surface area is 236 Å². The number of hydrogen-bond acceptors (Lipinski definition) is 5. The highest BCUT2D eigenvalue weighted by atomic mass is 35.5. The van der Waals surface area contributed by atoms with Crippen molar-refractivity contribution in [2.24, 2.45) is 0 Å². The Hall–Kier alpha value is -3.41. The first-order chi connectivity index (χ1) is 18.7. The summed E-state index contributed by atoms with van der Waals surface area (Å²) in [6.07, 6.45) is 1.54. The van der Waals surface area contributed by atoms with E-state index < -0.39 is 7.82 Å². The van der Waals surface area contributed by atoms with Crippen molar-refractivity contribution in [2.45, 2.75) is 25.7 Å². The molecule has 0 aliphatic heterocycles. The molecule has 0 fully saturated rings. The van der Waals surface area contributed by atoms with Crippen LogP contribution in [0.4, 0.5) is 0 Å². The molecular formula is C30H25Cl2O6P. The van der Waals surface area contributed by atoms with Crippen molar-refractivity contribution < 1.29 is 28.1 Å². The lowest BCUT2D eigenvalue weighted by atomic mass is 10.0. The lowest BCUT2D eigenvalue weighted by Gasteiger charge is -2.15. The van der Waals surface area contributed by atoms with Gasteiger partial charge in [0.15, 0.2) is 11.6 Å². The Kier molecular flexibility index (Phi) is 9.60. The third-order valence-corrected chi connectivity index (χ3v) is 7.25. The van der Waals surface area contributed by atoms with Crippen LogP contribution in [0.1, 0.15) is 44.7 Å². The number of aryl methyl sites for hydroxylation is 2. The maximum Gasteiger partial charge on any atom is 0.584 e. The molecular weight excluding hydrogens is 558 g/mol. The highest BCUT2D eigenvalue weighted by Crippen LogP contribution is 2.44. The van der Waals surface area contributed by atoms with Crippen LogP contribution in [-0.2, 0) is 17.4 Å². The molecule has 0 radical (unpaired) electrons. The van der Waals surface area contributed by atoms with Crippen LogP contribution in [0.5, 0.6) is 11.5 Å². The molecule has 1 N–H and O–H groups in total. The Balaban J connectivity index is 1.35. The van der Waals surface area contributed by atoms with Crippen molar-refractivity contribution in [2.75, 3.05) is 0 Å². The van der Waals surface area contributed by atoms with E-state index in [0.717, 1.165) is 11.1 Å². The molecule has 0 spiro atoms. The average molecular weight is 583 g/mol. The standard InChI is InChI=1S/C30H25Cl2O6P/c31-25-13-7-21(8-14-25)11-17-29(33)23-3-1-5-27(19-23)37-39(35,36)38-28-6-2-4-24(20-28)30(34)18-12-22-9-15-26(32)16-10-22/h1-10,13-16,19-20H,11-12,17-18H2,(H,35,36). The Morgan fingerprint density at radius 3 is 1.41 bits per heavy atom. The third-order valence-electron chi connectivity index (χ3n) is 5.86. The third kappa shape index (κ3) is 8.81. The summed E-state index contributed by atoms with van der Waals surface area (Å²) < 4.78 is 23.1. The molecule has 0 bridgehead atoms. The van der Waals surface area contributed by atoms with Gasteiger partial charge in [0.05, 0.1) is 0 Å². The van der Waals surface area contributed by atoms with Gasteiger partial charge in [-0.25, -0.2) is 4.57 Å². The van der Waals surface area contributed by atoms with Gasteiger partial charge in [-0.3, -0.25) is 14.5 Å². The molecule has 0 heterocycles. The van der Waals surface area contributed by atoms with Gasteiger partial charge in [0.2, 0.25) is 0 Å². The number of Topliss-reactive ketones (excluding diaryl/α,β-unsaturated/α-hetero) is 2.